The first-order valence-corrected chi connectivity index (χ1v) is 9.75. The Kier molecular flexibility index (Phi) is 4.65. The summed E-state index contributed by atoms with van der Waals surface area (Å²) >= 11 is 1.53. The lowest BCUT2D eigenvalue weighted by Crippen LogP contribution is -2.50. The van der Waals surface area contributed by atoms with E-state index in [0.717, 1.165) is 31.3 Å². The third-order valence-electron chi connectivity index (χ3n) is 4.82. The Bertz CT molecular complexity index is 722. The third kappa shape index (κ3) is 3.66. The summed E-state index contributed by atoms with van der Waals surface area (Å²) in [5, 5.41) is 8.94. The predicted octanol–water partition coefficient (Wildman–Crippen LogP) is 2.44. The van der Waals surface area contributed by atoms with Crippen LogP contribution in [-0.4, -0.2) is 57.0 Å². The van der Waals surface area contributed by atoms with Crippen molar-refractivity contribution in [2.24, 2.45) is 0 Å². The molecule has 1 aliphatic carbocycles. The van der Waals surface area contributed by atoms with E-state index in [1.165, 1.54) is 30.3 Å². The summed E-state index contributed by atoms with van der Waals surface area (Å²) in [5.41, 5.74) is 1.23. The molecule has 0 bridgehead atoms. The second kappa shape index (κ2) is 7.07. The van der Waals surface area contributed by atoms with Crippen LogP contribution in [0.15, 0.2) is 41.8 Å². The van der Waals surface area contributed by atoms with Gasteiger partial charge in [-0.25, -0.2) is 0 Å². The summed E-state index contributed by atoms with van der Waals surface area (Å²) in [6.07, 6.45) is 4.17. The SMILES string of the molecule is C[C@@H](Sc1nncn1C1CC1)C(=O)N1CCN(c2ccccc2)CC1. The highest BCUT2D eigenvalue weighted by Crippen LogP contribution is 2.38. The number of piperazine rings is 1. The molecule has 0 unspecified atom stereocenters. The maximum Gasteiger partial charge on any atom is 0.236 e. The monoisotopic (exact) mass is 357 g/mol. The van der Waals surface area contributed by atoms with Crippen LogP contribution in [0.3, 0.4) is 0 Å². The molecular formula is C18H23N5OS. The molecule has 25 heavy (non-hydrogen) atoms. The minimum absolute atomic E-state index is 0.134. The van der Waals surface area contributed by atoms with Crippen molar-refractivity contribution in [1.82, 2.24) is 19.7 Å². The Balaban J connectivity index is 1.33. The van der Waals surface area contributed by atoms with E-state index < -0.39 is 0 Å². The fourth-order valence-corrected chi connectivity index (χ4v) is 4.19. The molecule has 1 saturated heterocycles. The minimum atomic E-state index is -0.134. The zero-order valence-electron chi connectivity index (χ0n) is 14.4. The van der Waals surface area contributed by atoms with Gasteiger partial charge >= 0.3 is 0 Å². The van der Waals surface area contributed by atoms with Crippen molar-refractivity contribution >= 4 is 23.4 Å². The summed E-state index contributed by atoms with van der Waals surface area (Å²) in [4.78, 5) is 17.1. The van der Waals surface area contributed by atoms with Gasteiger partial charge in [0.15, 0.2) is 5.16 Å². The Morgan fingerprint density at radius 2 is 1.88 bits per heavy atom. The minimum Gasteiger partial charge on any atom is -0.368 e. The molecule has 6 nitrogen and oxygen atoms in total. The van der Waals surface area contributed by atoms with E-state index in [1.807, 2.05) is 17.9 Å². The van der Waals surface area contributed by atoms with Gasteiger partial charge in [-0.1, -0.05) is 30.0 Å². The average Bonchev–Trinajstić information content (AvgIpc) is 3.41. The summed E-state index contributed by atoms with van der Waals surface area (Å²) in [6, 6.07) is 10.9. The first kappa shape index (κ1) is 16.4. The molecule has 1 saturated carbocycles. The Labute approximate surface area is 152 Å². The first-order chi connectivity index (χ1) is 12.2. The van der Waals surface area contributed by atoms with Gasteiger partial charge in [-0.05, 0) is 31.9 Å². The quantitative estimate of drug-likeness (QED) is 0.770. The van der Waals surface area contributed by atoms with Crippen LogP contribution in [0.5, 0.6) is 0 Å². The fourth-order valence-electron chi connectivity index (χ4n) is 3.21. The van der Waals surface area contributed by atoms with Gasteiger partial charge in [-0.15, -0.1) is 10.2 Å². The number of benzene rings is 1. The van der Waals surface area contributed by atoms with E-state index in [4.69, 9.17) is 0 Å². The molecule has 1 atom stereocenters. The van der Waals surface area contributed by atoms with Gasteiger partial charge in [0, 0.05) is 37.9 Å². The molecular weight excluding hydrogens is 334 g/mol. The molecule has 0 N–H and O–H groups in total. The summed E-state index contributed by atoms with van der Waals surface area (Å²) in [5.74, 6) is 0.197. The maximum absolute atomic E-state index is 12.8. The summed E-state index contributed by atoms with van der Waals surface area (Å²) < 4.78 is 2.11. The number of rotatable bonds is 5. The van der Waals surface area contributed by atoms with Crippen molar-refractivity contribution in [3.63, 3.8) is 0 Å². The molecule has 2 aromatic rings. The second-order valence-electron chi connectivity index (χ2n) is 6.66. The average molecular weight is 357 g/mol. The Morgan fingerprint density at radius 3 is 2.56 bits per heavy atom. The van der Waals surface area contributed by atoms with Gasteiger partial charge in [-0.2, -0.15) is 0 Å². The van der Waals surface area contributed by atoms with Crippen LogP contribution in [0.25, 0.3) is 0 Å². The van der Waals surface area contributed by atoms with Crippen LogP contribution in [0.1, 0.15) is 25.8 Å². The highest BCUT2D eigenvalue weighted by atomic mass is 32.2. The van der Waals surface area contributed by atoms with Gasteiger partial charge in [0.25, 0.3) is 0 Å². The molecule has 1 aromatic heterocycles. The lowest BCUT2D eigenvalue weighted by Gasteiger charge is -2.37. The first-order valence-electron chi connectivity index (χ1n) is 8.87. The molecule has 1 aromatic carbocycles. The highest BCUT2D eigenvalue weighted by Gasteiger charge is 2.30. The molecule has 132 valence electrons. The number of aromatic nitrogens is 3. The number of thioether (sulfide) groups is 1. The van der Waals surface area contributed by atoms with Crippen molar-refractivity contribution in [3.05, 3.63) is 36.7 Å². The normalized spacial score (nSPS) is 19.1. The predicted molar refractivity (Wildman–Crippen MR) is 98.8 cm³/mol. The number of anilines is 1. The smallest absolute Gasteiger partial charge is 0.236 e. The number of carbonyl (C=O) groups is 1. The van der Waals surface area contributed by atoms with Gasteiger partial charge in [0.1, 0.15) is 6.33 Å². The molecule has 4 rings (SSSR count). The lowest BCUT2D eigenvalue weighted by atomic mass is 10.2. The topological polar surface area (TPSA) is 54.3 Å². The van der Waals surface area contributed by atoms with Crippen molar-refractivity contribution < 1.29 is 4.79 Å². The number of hydrogen-bond donors (Lipinski definition) is 0. The number of para-hydroxylation sites is 1. The van der Waals surface area contributed by atoms with Gasteiger partial charge in [0.05, 0.1) is 5.25 Å². The van der Waals surface area contributed by atoms with E-state index in [0.29, 0.717) is 6.04 Å². The number of nitrogens with zero attached hydrogens (tertiary/aromatic N) is 5. The maximum atomic E-state index is 12.8. The van der Waals surface area contributed by atoms with Crippen LogP contribution in [0, 0.1) is 0 Å². The van der Waals surface area contributed by atoms with Crippen LogP contribution in [0.2, 0.25) is 0 Å². The molecule has 1 aliphatic heterocycles. The van der Waals surface area contributed by atoms with Crippen LogP contribution >= 0.6 is 11.8 Å². The van der Waals surface area contributed by atoms with Crippen molar-refractivity contribution in [2.75, 3.05) is 31.1 Å². The lowest BCUT2D eigenvalue weighted by molar-refractivity contribution is -0.130. The van der Waals surface area contributed by atoms with Crippen molar-refractivity contribution in [2.45, 2.75) is 36.2 Å². The van der Waals surface area contributed by atoms with Gasteiger partial charge in [-0.3, -0.25) is 4.79 Å². The largest absolute Gasteiger partial charge is 0.368 e. The standard InChI is InChI=1S/C18H23N5OS/c1-14(25-18-20-19-13-23(18)16-7-8-16)17(24)22-11-9-21(10-12-22)15-5-3-2-4-6-15/h2-6,13-14,16H,7-12H2,1H3/t14-/m1/s1. The molecule has 1 amide bonds. The molecule has 7 heteroatoms. The molecule has 2 aliphatic rings. The van der Waals surface area contributed by atoms with Crippen LogP contribution in [0.4, 0.5) is 5.69 Å². The fraction of sp³-hybridized carbons (Fsp3) is 0.500. The van der Waals surface area contributed by atoms with Gasteiger partial charge < -0.3 is 14.4 Å². The molecule has 2 fully saturated rings. The third-order valence-corrected chi connectivity index (χ3v) is 5.88. The van der Waals surface area contributed by atoms with E-state index in [9.17, 15) is 4.79 Å². The van der Waals surface area contributed by atoms with E-state index in [1.54, 1.807) is 6.33 Å². The van der Waals surface area contributed by atoms with Crippen LogP contribution < -0.4 is 4.90 Å². The van der Waals surface area contributed by atoms with E-state index in [2.05, 4.69) is 43.9 Å². The van der Waals surface area contributed by atoms with Crippen molar-refractivity contribution in [3.8, 4) is 0 Å². The highest BCUT2D eigenvalue weighted by molar-refractivity contribution is 8.00. The number of hydrogen-bond acceptors (Lipinski definition) is 5. The van der Waals surface area contributed by atoms with E-state index in [-0.39, 0.29) is 11.2 Å². The Hall–Kier alpha value is -2.02. The zero-order chi connectivity index (χ0) is 17.2. The molecule has 0 spiro atoms. The number of carbonyl (C=O) groups excluding carboxylic acids is 1. The van der Waals surface area contributed by atoms with Crippen LogP contribution in [-0.2, 0) is 4.79 Å². The summed E-state index contributed by atoms with van der Waals surface area (Å²) in [6.45, 7) is 5.28. The summed E-state index contributed by atoms with van der Waals surface area (Å²) in [7, 11) is 0. The molecule has 2 heterocycles. The molecule has 0 radical (unpaired) electrons. The van der Waals surface area contributed by atoms with Gasteiger partial charge in [0.2, 0.25) is 5.91 Å². The van der Waals surface area contributed by atoms with Crippen molar-refractivity contribution in [1.29, 1.82) is 0 Å². The second-order valence-corrected chi connectivity index (χ2v) is 7.97. The Morgan fingerprint density at radius 1 is 1.16 bits per heavy atom. The number of amides is 1. The van der Waals surface area contributed by atoms with E-state index >= 15 is 0 Å². The zero-order valence-corrected chi connectivity index (χ0v) is 15.2.